The molecule has 0 amide bonds. The lowest BCUT2D eigenvalue weighted by molar-refractivity contribution is -0.0281. The molecule has 0 bridgehead atoms. The second kappa shape index (κ2) is 10.4. The molecule has 0 saturated heterocycles. The van der Waals surface area contributed by atoms with Gasteiger partial charge in [0.2, 0.25) is 0 Å². The summed E-state index contributed by atoms with van der Waals surface area (Å²) in [4.78, 5) is 0. The minimum Gasteiger partial charge on any atom is -0.379 e. The zero-order chi connectivity index (χ0) is 16.6. The number of alkyl halides is 1. The smallest absolute Gasteiger partial charge is 0.0704 e. The Bertz CT molecular complexity index is 327. The van der Waals surface area contributed by atoms with Crippen LogP contribution in [0.1, 0.15) is 83.5 Å². The molecule has 0 aromatic heterocycles. The Morgan fingerprint density at radius 1 is 0.667 bits per heavy atom. The highest BCUT2D eigenvalue weighted by Crippen LogP contribution is 2.38. The Labute approximate surface area is 154 Å². The molecule has 0 aliphatic heterocycles. The van der Waals surface area contributed by atoms with Crippen molar-refractivity contribution in [3.8, 4) is 0 Å². The first kappa shape index (κ1) is 19.0. The van der Waals surface area contributed by atoms with E-state index in [0.29, 0.717) is 11.5 Å². The SMILES string of the molecule is ClC1CCC(COCCOC2CCC(C3CCCCC3)CC2)CC1. The fourth-order valence-corrected chi connectivity index (χ4v) is 5.40. The predicted octanol–water partition coefficient (Wildman–Crippen LogP) is 5.96. The van der Waals surface area contributed by atoms with Gasteiger partial charge in [0, 0.05) is 12.0 Å². The molecule has 0 N–H and O–H groups in total. The van der Waals surface area contributed by atoms with E-state index in [2.05, 4.69) is 0 Å². The van der Waals surface area contributed by atoms with E-state index in [4.69, 9.17) is 21.1 Å². The van der Waals surface area contributed by atoms with Gasteiger partial charge in [-0.05, 0) is 69.1 Å². The Hall–Kier alpha value is 0.210. The predicted molar refractivity (Wildman–Crippen MR) is 101 cm³/mol. The van der Waals surface area contributed by atoms with Crippen LogP contribution >= 0.6 is 11.6 Å². The number of rotatable bonds is 7. The normalized spacial score (nSPS) is 35.9. The molecule has 140 valence electrons. The van der Waals surface area contributed by atoms with Gasteiger partial charge < -0.3 is 9.47 Å². The lowest BCUT2D eigenvalue weighted by Crippen LogP contribution is -2.28. The minimum absolute atomic E-state index is 0.410. The molecule has 0 unspecified atom stereocenters. The van der Waals surface area contributed by atoms with E-state index in [1.54, 1.807) is 0 Å². The second-order valence-corrected chi connectivity index (χ2v) is 9.12. The Morgan fingerprint density at radius 3 is 2.04 bits per heavy atom. The van der Waals surface area contributed by atoms with Crippen molar-refractivity contribution >= 4 is 11.6 Å². The summed E-state index contributed by atoms with van der Waals surface area (Å²) in [6.07, 6.45) is 18.1. The Morgan fingerprint density at radius 2 is 1.33 bits per heavy atom. The van der Waals surface area contributed by atoms with Crippen LogP contribution in [0.2, 0.25) is 0 Å². The van der Waals surface area contributed by atoms with Crippen LogP contribution in [0.3, 0.4) is 0 Å². The summed E-state index contributed by atoms with van der Waals surface area (Å²) in [5.41, 5.74) is 0. The van der Waals surface area contributed by atoms with Crippen LogP contribution < -0.4 is 0 Å². The van der Waals surface area contributed by atoms with Crippen molar-refractivity contribution in [2.75, 3.05) is 19.8 Å². The van der Waals surface area contributed by atoms with Crippen LogP contribution in [-0.2, 0) is 9.47 Å². The molecule has 0 aromatic carbocycles. The van der Waals surface area contributed by atoms with Crippen molar-refractivity contribution in [2.24, 2.45) is 17.8 Å². The van der Waals surface area contributed by atoms with Gasteiger partial charge in [0.25, 0.3) is 0 Å². The minimum atomic E-state index is 0.410. The summed E-state index contributed by atoms with van der Waals surface area (Å²) in [7, 11) is 0. The van der Waals surface area contributed by atoms with Crippen LogP contribution in [0.4, 0.5) is 0 Å². The standard InChI is InChI=1S/C21H37ClO2/c22-20-10-6-17(7-11-20)16-23-14-15-24-21-12-8-19(9-13-21)18-4-2-1-3-5-18/h17-21H,1-16H2. The zero-order valence-corrected chi connectivity index (χ0v) is 16.2. The zero-order valence-electron chi connectivity index (χ0n) is 15.4. The molecule has 0 heterocycles. The molecule has 2 nitrogen and oxygen atoms in total. The molecular weight excluding hydrogens is 320 g/mol. The average molecular weight is 357 g/mol. The Kier molecular flexibility index (Phi) is 8.21. The number of halogens is 1. The summed E-state index contributed by atoms with van der Waals surface area (Å²) in [6.45, 7) is 2.45. The number of hydrogen-bond donors (Lipinski definition) is 0. The summed E-state index contributed by atoms with van der Waals surface area (Å²) in [5, 5.41) is 0.410. The maximum Gasteiger partial charge on any atom is 0.0704 e. The van der Waals surface area contributed by atoms with Crippen LogP contribution in [0.25, 0.3) is 0 Å². The van der Waals surface area contributed by atoms with Gasteiger partial charge in [-0.3, -0.25) is 0 Å². The lowest BCUT2D eigenvalue weighted by Gasteiger charge is -2.35. The van der Waals surface area contributed by atoms with Gasteiger partial charge in [0.05, 0.1) is 19.3 Å². The molecule has 24 heavy (non-hydrogen) atoms. The van der Waals surface area contributed by atoms with Gasteiger partial charge >= 0.3 is 0 Å². The van der Waals surface area contributed by atoms with Crippen molar-refractivity contribution < 1.29 is 9.47 Å². The molecule has 3 fully saturated rings. The van der Waals surface area contributed by atoms with Gasteiger partial charge in [-0.15, -0.1) is 11.6 Å². The third-order valence-corrected chi connectivity index (χ3v) is 7.18. The summed E-state index contributed by atoms with van der Waals surface area (Å²) >= 11 is 6.15. The fraction of sp³-hybridized carbons (Fsp3) is 1.00. The largest absolute Gasteiger partial charge is 0.379 e. The molecule has 3 aliphatic carbocycles. The quantitative estimate of drug-likeness (QED) is 0.414. The highest BCUT2D eigenvalue weighted by atomic mass is 35.5. The third kappa shape index (κ3) is 6.18. The van der Waals surface area contributed by atoms with E-state index in [9.17, 15) is 0 Å². The van der Waals surface area contributed by atoms with E-state index in [1.807, 2.05) is 0 Å². The van der Waals surface area contributed by atoms with Gasteiger partial charge in [-0.1, -0.05) is 32.1 Å². The van der Waals surface area contributed by atoms with Gasteiger partial charge in [-0.25, -0.2) is 0 Å². The van der Waals surface area contributed by atoms with Crippen molar-refractivity contribution in [3.05, 3.63) is 0 Å². The lowest BCUT2D eigenvalue weighted by atomic mass is 9.73. The van der Waals surface area contributed by atoms with Gasteiger partial charge in [0.1, 0.15) is 0 Å². The third-order valence-electron chi connectivity index (χ3n) is 6.75. The van der Waals surface area contributed by atoms with E-state index in [1.165, 1.54) is 70.6 Å². The first-order valence-electron chi connectivity index (χ1n) is 10.6. The van der Waals surface area contributed by atoms with Crippen LogP contribution in [0, 0.1) is 17.8 Å². The summed E-state index contributed by atoms with van der Waals surface area (Å²) < 4.78 is 11.9. The van der Waals surface area contributed by atoms with Crippen LogP contribution in [-0.4, -0.2) is 31.3 Å². The molecule has 3 rings (SSSR count). The molecule has 0 atom stereocenters. The molecule has 3 heteroatoms. The molecule has 0 radical (unpaired) electrons. The van der Waals surface area contributed by atoms with Crippen molar-refractivity contribution in [1.29, 1.82) is 0 Å². The van der Waals surface area contributed by atoms with Crippen molar-refractivity contribution in [1.82, 2.24) is 0 Å². The van der Waals surface area contributed by atoms with Gasteiger partial charge in [-0.2, -0.15) is 0 Å². The molecule has 0 spiro atoms. The first-order chi connectivity index (χ1) is 11.8. The van der Waals surface area contributed by atoms with Crippen molar-refractivity contribution in [2.45, 2.75) is 95.0 Å². The van der Waals surface area contributed by atoms with Crippen molar-refractivity contribution in [3.63, 3.8) is 0 Å². The van der Waals surface area contributed by atoms with E-state index in [-0.39, 0.29) is 0 Å². The summed E-state index contributed by atoms with van der Waals surface area (Å²) in [5.74, 6) is 2.76. The number of hydrogen-bond acceptors (Lipinski definition) is 2. The van der Waals surface area contributed by atoms with E-state index >= 15 is 0 Å². The molecule has 3 aliphatic rings. The maximum atomic E-state index is 6.15. The van der Waals surface area contributed by atoms with Crippen LogP contribution in [0.5, 0.6) is 0 Å². The molecule has 0 aromatic rings. The van der Waals surface area contributed by atoms with E-state index in [0.717, 1.165) is 50.4 Å². The molecule has 3 saturated carbocycles. The maximum absolute atomic E-state index is 6.15. The highest BCUT2D eigenvalue weighted by Gasteiger charge is 2.28. The first-order valence-corrected chi connectivity index (χ1v) is 11.1. The van der Waals surface area contributed by atoms with Crippen LogP contribution in [0.15, 0.2) is 0 Å². The average Bonchev–Trinajstić information content (AvgIpc) is 2.64. The summed E-state index contributed by atoms with van der Waals surface area (Å²) in [6, 6.07) is 0. The Balaban J connectivity index is 1.20. The molecular formula is C21H37ClO2. The highest BCUT2D eigenvalue weighted by molar-refractivity contribution is 6.20. The van der Waals surface area contributed by atoms with E-state index < -0.39 is 0 Å². The monoisotopic (exact) mass is 356 g/mol. The fourth-order valence-electron chi connectivity index (χ4n) is 5.14. The number of ether oxygens (including phenoxy) is 2. The second-order valence-electron chi connectivity index (χ2n) is 8.50. The van der Waals surface area contributed by atoms with Gasteiger partial charge in [0.15, 0.2) is 0 Å². The topological polar surface area (TPSA) is 18.5 Å².